The highest BCUT2D eigenvalue weighted by atomic mass is 32.2. The van der Waals surface area contributed by atoms with Crippen molar-refractivity contribution < 1.29 is 35.9 Å². The predicted octanol–water partition coefficient (Wildman–Crippen LogP) is 2.73. The normalized spacial score (nSPS) is 11.6. The maximum atomic E-state index is 13.1. The molecule has 2 rings (SSSR count). The molecule has 0 saturated heterocycles. The lowest BCUT2D eigenvalue weighted by Crippen LogP contribution is -2.31. The number of primary amides is 1. The number of anilines is 1. The predicted molar refractivity (Wildman–Crippen MR) is 102 cm³/mol. The van der Waals surface area contributed by atoms with Crippen LogP contribution < -0.4 is 10.0 Å². The summed E-state index contributed by atoms with van der Waals surface area (Å²) in [6.07, 6.45) is -3.45. The molecule has 7 nitrogen and oxygen atoms in total. The van der Waals surface area contributed by atoms with Crippen LogP contribution in [0.1, 0.15) is 15.9 Å². The molecule has 0 saturated carbocycles. The molecule has 0 spiro atoms. The second-order valence-electron chi connectivity index (χ2n) is 5.94. The number of carbonyl (C=O) groups is 2. The average Bonchev–Trinajstić information content (AvgIpc) is 2.69. The number of benzene rings is 2. The Bertz CT molecular complexity index is 1070. The lowest BCUT2D eigenvalue weighted by molar-refractivity contribution is -0.137. The Morgan fingerprint density at radius 2 is 1.80 bits per heavy atom. The van der Waals surface area contributed by atoms with E-state index in [0.29, 0.717) is 6.07 Å². The Kier molecular flexibility index (Phi) is 6.88. The van der Waals surface area contributed by atoms with Crippen molar-refractivity contribution in [3.63, 3.8) is 0 Å². The van der Waals surface area contributed by atoms with Gasteiger partial charge in [0.05, 0.1) is 28.3 Å². The van der Waals surface area contributed by atoms with E-state index in [9.17, 15) is 31.2 Å². The highest BCUT2D eigenvalue weighted by Crippen LogP contribution is 2.33. The summed E-state index contributed by atoms with van der Waals surface area (Å²) in [5.41, 5.74) is 3.46. The molecule has 0 aliphatic heterocycles. The van der Waals surface area contributed by atoms with Gasteiger partial charge in [0.2, 0.25) is 0 Å². The third-order valence-electron chi connectivity index (χ3n) is 3.76. The minimum absolute atomic E-state index is 0.181. The molecule has 2 N–H and O–H groups in total. The maximum absolute atomic E-state index is 13.1. The summed E-state index contributed by atoms with van der Waals surface area (Å²) in [5, 5.41) is 0. The minimum atomic E-state index is -4.66. The van der Waals surface area contributed by atoms with Gasteiger partial charge in [0.1, 0.15) is 0 Å². The summed E-state index contributed by atoms with van der Waals surface area (Å²) >= 11 is 0. The van der Waals surface area contributed by atoms with Gasteiger partial charge in [0, 0.05) is 0 Å². The van der Waals surface area contributed by atoms with Crippen LogP contribution >= 0.6 is 0 Å². The fraction of sp³-hybridized carbons (Fsp3) is 0.158. The molecule has 0 aromatic heterocycles. The van der Waals surface area contributed by atoms with Gasteiger partial charge in [-0.15, -0.1) is 6.58 Å². The number of hydrogen-bond acceptors (Lipinski definition) is 5. The van der Waals surface area contributed by atoms with Crippen LogP contribution in [-0.4, -0.2) is 33.4 Å². The number of rotatable bonds is 8. The lowest BCUT2D eigenvalue weighted by atomic mass is 10.2. The minimum Gasteiger partial charge on any atom is -0.452 e. The monoisotopic (exact) mass is 442 g/mol. The van der Waals surface area contributed by atoms with Gasteiger partial charge in [0.25, 0.3) is 15.9 Å². The van der Waals surface area contributed by atoms with Crippen LogP contribution in [0.25, 0.3) is 0 Å². The zero-order valence-corrected chi connectivity index (χ0v) is 16.2. The number of carbonyl (C=O) groups excluding carboxylic acids is 2. The second-order valence-corrected chi connectivity index (χ2v) is 7.81. The SMILES string of the molecule is C=CCN(c1cccc(C(F)(F)F)c1)S(=O)(=O)c1cccc(C(=O)OCC(N)=O)c1. The third kappa shape index (κ3) is 5.38. The molecule has 0 aliphatic rings. The van der Waals surface area contributed by atoms with Gasteiger partial charge in [-0.1, -0.05) is 18.2 Å². The van der Waals surface area contributed by atoms with Gasteiger partial charge in [0.15, 0.2) is 6.61 Å². The summed E-state index contributed by atoms with van der Waals surface area (Å²) in [6, 6.07) is 8.48. The molecule has 0 fully saturated rings. The first-order chi connectivity index (χ1) is 14.0. The first-order valence-electron chi connectivity index (χ1n) is 8.33. The number of ether oxygens (including phenoxy) is 1. The summed E-state index contributed by atoms with van der Waals surface area (Å²) in [7, 11) is -4.37. The van der Waals surface area contributed by atoms with Crippen molar-refractivity contribution in [2.45, 2.75) is 11.1 Å². The molecule has 30 heavy (non-hydrogen) atoms. The molecular formula is C19H17F3N2O5S. The van der Waals surface area contributed by atoms with E-state index in [2.05, 4.69) is 11.3 Å². The molecule has 2 aromatic rings. The molecule has 0 unspecified atom stereocenters. The topological polar surface area (TPSA) is 107 Å². The Balaban J connectivity index is 2.46. The van der Waals surface area contributed by atoms with Crippen LogP contribution in [0, 0.1) is 0 Å². The Labute approximate surface area is 170 Å². The van der Waals surface area contributed by atoms with E-state index >= 15 is 0 Å². The van der Waals surface area contributed by atoms with Crippen molar-refractivity contribution in [2.24, 2.45) is 5.73 Å². The molecule has 0 aliphatic carbocycles. The number of nitrogens with zero attached hydrogens (tertiary/aromatic N) is 1. The molecule has 0 bridgehead atoms. The van der Waals surface area contributed by atoms with Gasteiger partial charge in [-0.25, -0.2) is 13.2 Å². The quantitative estimate of drug-likeness (QED) is 0.500. The van der Waals surface area contributed by atoms with Crippen molar-refractivity contribution in [3.8, 4) is 0 Å². The van der Waals surface area contributed by atoms with E-state index < -0.39 is 40.2 Å². The van der Waals surface area contributed by atoms with Gasteiger partial charge in [-0.3, -0.25) is 9.10 Å². The Morgan fingerprint density at radius 1 is 1.13 bits per heavy atom. The van der Waals surface area contributed by atoms with Crippen LogP contribution in [0.3, 0.4) is 0 Å². The van der Waals surface area contributed by atoms with Crippen LogP contribution in [0.2, 0.25) is 0 Å². The van der Waals surface area contributed by atoms with Gasteiger partial charge < -0.3 is 10.5 Å². The van der Waals surface area contributed by atoms with Crippen LogP contribution in [-0.2, 0) is 25.7 Å². The molecule has 160 valence electrons. The summed E-state index contributed by atoms with van der Waals surface area (Å²) in [6.45, 7) is 2.43. The highest BCUT2D eigenvalue weighted by molar-refractivity contribution is 7.92. The number of hydrogen-bond donors (Lipinski definition) is 1. The fourth-order valence-corrected chi connectivity index (χ4v) is 3.90. The first kappa shape index (κ1) is 22.9. The van der Waals surface area contributed by atoms with Crippen molar-refractivity contribution in [3.05, 3.63) is 72.3 Å². The summed E-state index contributed by atoms with van der Waals surface area (Å²) in [4.78, 5) is 22.3. The molecular weight excluding hydrogens is 425 g/mol. The molecule has 0 atom stereocenters. The standard InChI is InChI=1S/C19H17F3N2O5S/c1-2-9-24(15-7-4-6-14(11-15)19(20,21)22)30(27,28)16-8-3-5-13(10-16)18(26)29-12-17(23)25/h2-8,10-11H,1,9,12H2,(H2,23,25). The van der Waals surface area contributed by atoms with E-state index in [-0.39, 0.29) is 22.7 Å². The van der Waals surface area contributed by atoms with Gasteiger partial charge in [-0.05, 0) is 36.4 Å². The van der Waals surface area contributed by atoms with Crippen LogP contribution in [0.5, 0.6) is 0 Å². The van der Waals surface area contributed by atoms with Crippen molar-refractivity contribution >= 4 is 27.6 Å². The molecule has 2 aromatic carbocycles. The third-order valence-corrected chi connectivity index (χ3v) is 5.55. The van der Waals surface area contributed by atoms with Crippen molar-refractivity contribution in [1.82, 2.24) is 0 Å². The molecule has 1 amide bonds. The summed E-state index contributed by atoms with van der Waals surface area (Å²) < 4.78 is 70.7. The van der Waals surface area contributed by atoms with Gasteiger partial charge >= 0.3 is 12.1 Å². The number of alkyl halides is 3. The number of nitrogens with two attached hydrogens (primary N) is 1. The first-order valence-corrected chi connectivity index (χ1v) is 9.77. The maximum Gasteiger partial charge on any atom is 0.416 e. The van der Waals surface area contributed by atoms with Crippen molar-refractivity contribution in [2.75, 3.05) is 17.5 Å². The average molecular weight is 442 g/mol. The van der Waals surface area contributed by atoms with E-state index in [1.807, 2.05) is 0 Å². The largest absolute Gasteiger partial charge is 0.452 e. The zero-order valence-electron chi connectivity index (χ0n) is 15.4. The lowest BCUT2D eigenvalue weighted by Gasteiger charge is -2.24. The smallest absolute Gasteiger partial charge is 0.416 e. The molecule has 0 radical (unpaired) electrons. The number of sulfonamides is 1. The van der Waals surface area contributed by atoms with E-state index in [4.69, 9.17) is 5.73 Å². The number of esters is 1. The van der Waals surface area contributed by atoms with E-state index in [1.54, 1.807) is 0 Å². The number of halogens is 3. The molecule has 11 heteroatoms. The fourth-order valence-electron chi connectivity index (χ4n) is 2.43. The summed E-state index contributed by atoms with van der Waals surface area (Å²) in [5.74, 6) is -1.88. The number of amides is 1. The second kappa shape index (κ2) is 8.99. The van der Waals surface area contributed by atoms with Crippen LogP contribution in [0.15, 0.2) is 66.1 Å². The molecule has 0 heterocycles. The van der Waals surface area contributed by atoms with E-state index in [0.717, 1.165) is 22.5 Å². The highest BCUT2D eigenvalue weighted by Gasteiger charge is 2.32. The van der Waals surface area contributed by atoms with E-state index in [1.165, 1.54) is 30.3 Å². The Morgan fingerprint density at radius 3 is 2.40 bits per heavy atom. The van der Waals surface area contributed by atoms with Gasteiger partial charge in [-0.2, -0.15) is 13.2 Å². The van der Waals surface area contributed by atoms with Crippen LogP contribution in [0.4, 0.5) is 18.9 Å². The van der Waals surface area contributed by atoms with Crippen molar-refractivity contribution in [1.29, 1.82) is 0 Å². The zero-order chi connectivity index (χ0) is 22.5. The Hall–Kier alpha value is -3.34.